The average Bonchev–Trinajstić information content (AvgIpc) is 2.40. The zero-order valence-electron chi connectivity index (χ0n) is 11.7. The van der Waals surface area contributed by atoms with Crippen LogP contribution in [0.3, 0.4) is 0 Å². The number of anilines is 1. The van der Waals surface area contributed by atoms with Crippen molar-refractivity contribution in [2.45, 2.75) is 44.8 Å². The lowest BCUT2D eigenvalue weighted by molar-refractivity contribution is 0.135. The second-order valence-corrected chi connectivity index (χ2v) is 6.70. The van der Waals surface area contributed by atoms with E-state index in [1.54, 1.807) is 6.20 Å². The van der Waals surface area contributed by atoms with Crippen LogP contribution in [-0.4, -0.2) is 35.2 Å². The highest BCUT2D eigenvalue weighted by Gasteiger charge is 2.22. The van der Waals surface area contributed by atoms with Crippen molar-refractivity contribution < 1.29 is 4.74 Å². The molecule has 1 aromatic heterocycles. The minimum absolute atomic E-state index is 0.226. The molecule has 0 radical (unpaired) electrons. The largest absolute Gasteiger partial charge is 0.471 e. The van der Waals surface area contributed by atoms with Crippen LogP contribution in [0.25, 0.3) is 0 Å². The molecule has 1 saturated heterocycles. The van der Waals surface area contributed by atoms with E-state index in [4.69, 9.17) is 4.74 Å². The highest BCUT2D eigenvalue weighted by Crippen LogP contribution is 2.27. The lowest BCUT2D eigenvalue weighted by Gasteiger charge is -2.28. The van der Waals surface area contributed by atoms with Gasteiger partial charge in [0.15, 0.2) is 0 Å². The third kappa shape index (κ3) is 3.41. The van der Waals surface area contributed by atoms with Crippen LogP contribution in [0, 0.1) is 5.92 Å². The third-order valence-corrected chi connectivity index (χ3v) is 4.63. The predicted octanol–water partition coefficient (Wildman–Crippen LogP) is 2.58. The van der Waals surface area contributed by atoms with Gasteiger partial charge in [0.1, 0.15) is 6.10 Å². The lowest BCUT2D eigenvalue weighted by Crippen LogP contribution is -2.50. The fraction of sp³-hybridized carbons (Fsp3) is 0.714. The van der Waals surface area contributed by atoms with Crippen molar-refractivity contribution in [1.29, 1.82) is 0 Å². The van der Waals surface area contributed by atoms with Crippen molar-refractivity contribution >= 4 is 21.9 Å². The van der Waals surface area contributed by atoms with Crippen LogP contribution in [0.4, 0.5) is 5.95 Å². The standard InChI is InChI=1S/C14H21BrN4O/c1-9-2-4-10(5-3-9)18-14-17-8-12(15)13(19-14)20-11-6-16-7-11/h8-11,16H,2-7H2,1H3,(H,17,18,19)/t9-,10+. The molecule has 1 aliphatic carbocycles. The maximum absolute atomic E-state index is 5.83. The van der Waals surface area contributed by atoms with Gasteiger partial charge in [0, 0.05) is 19.1 Å². The summed E-state index contributed by atoms with van der Waals surface area (Å²) in [5.41, 5.74) is 0. The maximum atomic E-state index is 5.83. The molecule has 3 rings (SSSR count). The first-order chi connectivity index (χ1) is 9.70. The van der Waals surface area contributed by atoms with Crippen LogP contribution in [0.2, 0.25) is 0 Å². The van der Waals surface area contributed by atoms with Crippen LogP contribution in [0.15, 0.2) is 10.7 Å². The summed E-state index contributed by atoms with van der Waals surface area (Å²) in [5.74, 6) is 2.16. The van der Waals surface area contributed by atoms with E-state index in [2.05, 4.69) is 43.5 Å². The molecule has 2 fully saturated rings. The summed E-state index contributed by atoms with van der Waals surface area (Å²) in [7, 11) is 0. The molecule has 2 N–H and O–H groups in total. The SMILES string of the molecule is C[C@H]1CC[C@@H](Nc2ncc(Br)c(OC3CNC3)n2)CC1. The first-order valence-corrected chi connectivity index (χ1v) is 8.16. The molecule has 5 nitrogen and oxygen atoms in total. The molecular weight excluding hydrogens is 320 g/mol. The monoisotopic (exact) mass is 340 g/mol. The highest BCUT2D eigenvalue weighted by molar-refractivity contribution is 9.10. The van der Waals surface area contributed by atoms with Gasteiger partial charge in [0.2, 0.25) is 11.8 Å². The van der Waals surface area contributed by atoms with Gasteiger partial charge in [-0.15, -0.1) is 0 Å². The van der Waals surface area contributed by atoms with Crippen LogP contribution >= 0.6 is 15.9 Å². The topological polar surface area (TPSA) is 59.1 Å². The van der Waals surface area contributed by atoms with Crippen molar-refractivity contribution in [3.05, 3.63) is 10.7 Å². The van der Waals surface area contributed by atoms with Gasteiger partial charge in [-0.05, 0) is 47.5 Å². The Morgan fingerprint density at radius 1 is 1.30 bits per heavy atom. The molecule has 0 aromatic carbocycles. The minimum Gasteiger partial charge on any atom is -0.471 e. The van der Waals surface area contributed by atoms with E-state index in [9.17, 15) is 0 Å². The minimum atomic E-state index is 0.226. The van der Waals surface area contributed by atoms with Crippen LogP contribution in [0.5, 0.6) is 5.88 Å². The zero-order valence-corrected chi connectivity index (χ0v) is 13.3. The Labute approximate surface area is 128 Å². The number of hydrogen-bond donors (Lipinski definition) is 2. The Hall–Kier alpha value is -0.880. The number of halogens is 1. The Bertz CT molecular complexity index is 458. The second kappa shape index (κ2) is 6.26. The normalized spacial score (nSPS) is 26.9. The number of ether oxygens (including phenoxy) is 1. The van der Waals surface area contributed by atoms with Gasteiger partial charge in [-0.3, -0.25) is 0 Å². The molecular formula is C14H21BrN4O. The molecule has 0 atom stereocenters. The molecule has 0 bridgehead atoms. The molecule has 1 aromatic rings. The van der Waals surface area contributed by atoms with E-state index < -0.39 is 0 Å². The third-order valence-electron chi connectivity index (χ3n) is 4.08. The number of nitrogens with one attached hydrogen (secondary N) is 2. The summed E-state index contributed by atoms with van der Waals surface area (Å²) < 4.78 is 6.64. The van der Waals surface area contributed by atoms with Gasteiger partial charge in [-0.25, -0.2) is 4.98 Å². The van der Waals surface area contributed by atoms with E-state index in [1.165, 1.54) is 25.7 Å². The first-order valence-electron chi connectivity index (χ1n) is 7.37. The van der Waals surface area contributed by atoms with Gasteiger partial charge in [0.25, 0.3) is 0 Å². The molecule has 0 amide bonds. The van der Waals surface area contributed by atoms with Crippen LogP contribution in [-0.2, 0) is 0 Å². The molecule has 1 aliphatic heterocycles. The molecule has 0 spiro atoms. The maximum Gasteiger partial charge on any atom is 0.233 e. The summed E-state index contributed by atoms with van der Waals surface area (Å²) in [4.78, 5) is 8.83. The smallest absolute Gasteiger partial charge is 0.233 e. The molecule has 110 valence electrons. The zero-order chi connectivity index (χ0) is 13.9. The molecule has 0 unspecified atom stereocenters. The van der Waals surface area contributed by atoms with Crippen molar-refractivity contribution in [2.24, 2.45) is 5.92 Å². The van der Waals surface area contributed by atoms with Crippen molar-refractivity contribution in [3.63, 3.8) is 0 Å². The predicted molar refractivity (Wildman–Crippen MR) is 82.1 cm³/mol. The lowest BCUT2D eigenvalue weighted by atomic mass is 9.87. The van der Waals surface area contributed by atoms with Crippen LogP contribution < -0.4 is 15.4 Å². The second-order valence-electron chi connectivity index (χ2n) is 5.85. The van der Waals surface area contributed by atoms with E-state index in [0.717, 1.165) is 23.5 Å². The van der Waals surface area contributed by atoms with Crippen molar-refractivity contribution in [3.8, 4) is 5.88 Å². The van der Waals surface area contributed by atoms with E-state index in [-0.39, 0.29) is 6.10 Å². The quantitative estimate of drug-likeness (QED) is 0.882. The first kappa shape index (κ1) is 14.1. The van der Waals surface area contributed by atoms with E-state index >= 15 is 0 Å². The van der Waals surface area contributed by atoms with Gasteiger partial charge in [-0.1, -0.05) is 6.92 Å². The van der Waals surface area contributed by atoms with Gasteiger partial charge in [0.05, 0.1) is 10.7 Å². The van der Waals surface area contributed by atoms with E-state index in [1.807, 2.05) is 0 Å². The van der Waals surface area contributed by atoms with Gasteiger partial charge >= 0.3 is 0 Å². The molecule has 20 heavy (non-hydrogen) atoms. The number of rotatable bonds is 4. The van der Waals surface area contributed by atoms with Crippen LogP contribution in [0.1, 0.15) is 32.6 Å². The highest BCUT2D eigenvalue weighted by atomic mass is 79.9. The molecule has 6 heteroatoms. The summed E-state index contributed by atoms with van der Waals surface area (Å²) in [6.45, 7) is 4.10. The average molecular weight is 341 g/mol. The Morgan fingerprint density at radius 3 is 2.70 bits per heavy atom. The summed E-state index contributed by atoms with van der Waals surface area (Å²) >= 11 is 3.45. The van der Waals surface area contributed by atoms with Gasteiger partial charge < -0.3 is 15.4 Å². The summed E-state index contributed by atoms with van der Waals surface area (Å²) in [6.07, 6.45) is 6.95. The fourth-order valence-electron chi connectivity index (χ4n) is 2.59. The van der Waals surface area contributed by atoms with Gasteiger partial charge in [-0.2, -0.15) is 4.98 Å². The van der Waals surface area contributed by atoms with Crippen molar-refractivity contribution in [1.82, 2.24) is 15.3 Å². The Morgan fingerprint density at radius 2 is 2.05 bits per heavy atom. The Kier molecular flexibility index (Phi) is 4.41. The molecule has 2 aliphatic rings. The fourth-order valence-corrected chi connectivity index (χ4v) is 2.88. The molecule has 1 saturated carbocycles. The molecule has 2 heterocycles. The van der Waals surface area contributed by atoms with Crippen molar-refractivity contribution in [2.75, 3.05) is 18.4 Å². The summed E-state index contributed by atoms with van der Waals surface area (Å²) in [5, 5.41) is 6.63. The summed E-state index contributed by atoms with van der Waals surface area (Å²) in [6, 6.07) is 0.491. The number of hydrogen-bond acceptors (Lipinski definition) is 5. The van der Waals surface area contributed by atoms with E-state index in [0.29, 0.717) is 17.9 Å². The Balaban J connectivity index is 1.62. The number of aromatic nitrogens is 2. The number of nitrogens with zero attached hydrogens (tertiary/aromatic N) is 2.